The summed E-state index contributed by atoms with van der Waals surface area (Å²) in [4.78, 5) is 17.6. The van der Waals surface area contributed by atoms with Crippen LogP contribution in [0.5, 0.6) is 0 Å². The summed E-state index contributed by atoms with van der Waals surface area (Å²) < 4.78 is 10.1. The van der Waals surface area contributed by atoms with Gasteiger partial charge in [0.15, 0.2) is 0 Å². The number of hydrogen-bond acceptors (Lipinski definition) is 4. The Labute approximate surface area is 231 Å². The van der Waals surface area contributed by atoms with Crippen molar-refractivity contribution in [2.45, 2.75) is 53.5 Å². The second-order valence-electron chi connectivity index (χ2n) is 9.29. The van der Waals surface area contributed by atoms with E-state index in [0.717, 1.165) is 29.1 Å². The predicted octanol–water partition coefficient (Wildman–Crippen LogP) is 7.75. The van der Waals surface area contributed by atoms with Gasteiger partial charge in [0.2, 0.25) is 5.91 Å². The number of amides is 1. The molecule has 3 rings (SSSR count). The molecule has 0 saturated heterocycles. The Morgan fingerprint density at radius 3 is 2.16 bits per heavy atom. The first-order valence-electron chi connectivity index (χ1n) is 13.5. The fourth-order valence-corrected chi connectivity index (χ4v) is 3.84. The van der Waals surface area contributed by atoms with Crippen molar-refractivity contribution in [3.63, 3.8) is 0 Å². The molecule has 1 unspecified atom stereocenters. The molecule has 5 heteroatoms. The Bertz CT molecular complexity index is 1010. The van der Waals surface area contributed by atoms with Crippen molar-refractivity contribution < 1.29 is 14.3 Å². The van der Waals surface area contributed by atoms with E-state index in [1.165, 1.54) is 5.56 Å². The lowest BCUT2D eigenvalue weighted by Crippen LogP contribution is -2.38. The molecule has 0 aromatic heterocycles. The van der Waals surface area contributed by atoms with E-state index >= 15 is 0 Å². The number of rotatable bonds is 9. The molecule has 0 aliphatic carbocycles. The SMILES string of the molecule is C/C=C\COC.C=CC1=COCCC1C(=O)N(Cc1ccc(N(C)C)cc1)c1ccc(C(C)C)cc1.CC. The van der Waals surface area contributed by atoms with E-state index in [-0.39, 0.29) is 11.8 Å². The average Bonchev–Trinajstić information content (AvgIpc) is 2.96. The Kier molecular flexibility index (Phi) is 15.5. The Morgan fingerprint density at radius 1 is 1.08 bits per heavy atom. The molecule has 1 amide bonds. The number of nitrogens with zero attached hydrogens (tertiary/aromatic N) is 2. The van der Waals surface area contributed by atoms with Gasteiger partial charge in [0.1, 0.15) is 0 Å². The van der Waals surface area contributed by atoms with Gasteiger partial charge in [-0.2, -0.15) is 0 Å². The van der Waals surface area contributed by atoms with Crippen LogP contribution in [0.2, 0.25) is 0 Å². The van der Waals surface area contributed by atoms with Crippen molar-refractivity contribution in [1.29, 1.82) is 0 Å². The molecular weight excluding hydrogens is 472 g/mol. The lowest BCUT2D eigenvalue weighted by molar-refractivity contribution is -0.122. The molecule has 38 heavy (non-hydrogen) atoms. The van der Waals surface area contributed by atoms with Crippen molar-refractivity contribution in [2.75, 3.05) is 44.2 Å². The lowest BCUT2D eigenvalue weighted by atomic mass is 9.93. The number of allylic oxidation sites excluding steroid dienone is 2. The van der Waals surface area contributed by atoms with Gasteiger partial charge in [0.05, 0.1) is 31.9 Å². The van der Waals surface area contributed by atoms with E-state index in [4.69, 9.17) is 9.47 Å². The molecule has 0 spiro atoms. The highest BCUT2D eigenvalue weighted by molar-refractivity contribution is 5.97. The zero-order chi connectivity index (χ0) is 28.5. The first-order valence-corrected chi connectivity index (χ1v) is 13.5. The van der Waals surface area contributed by atoms with Crippen LogP contribution < -0.4 is 9.80 Å². The molecule has 1 aliphatic rings. The van der Waals surface area contributed by atoms with Gasteiger partial charge in [-0.25, -0.2) is 0 Å². The van der Waals surface area contributed by atoms with Crippen molar-refractivity contribution in [1.82, 2.24) is 0 Å². The molecule has 1 heterocycles. The van der Waals surface area contributed by atoms with Crippen LogP contribution >= 0.6 is 0 Å². The molecule has 0 saturated carbocycles. The van der Waals surface area contributed by atoms with E-state index in [2.05, 4.69) is 73.9 Å². The van der Waals surface area contributed by atoms with E-state index < -0.39 is 0 Å². The van der Waals surface area contributed by atoms with Gasteiger partial charge < -0.3 is 19.3 Å². The summed E-state index contributed by atoms with van der Waals surface area (Å²) in [5, 5.41) is 0. The van der Waals surface area contributed by atoms with Gasteiger partial charge in [-0.3, -0.25) is 4.79 Å². The predicted molar refractivity (Wildman–Crippen MR) is 163 cm³/mol. The Morgan fingerprint density at radius 2 is 1.68 bits per heavy atom. The molecule has 208 valence electrons. The quantitative estimate of drug-likeness (QED) is 0.317. The highest BCUT2D eigenvalue weighted by Gasteiger charge is 2.29. The molecule has 0 fully saturated rings. The normalized spacial score (nSPS) is 14.3. The van der Waals surface area contributed by atoms with Gasteiger partial charge >= 0.3 is 0 Å². The third-order valence-corrected chi connectivity index (χ3v) is 6.11. The molecule has 2 aromatic carbocycles. The summed E-state index contributed by atoms with van der Waals surface area (Å²) in [5.74, 6) is 0.299. The summed E-state index contributed by atoms with van der Waals surface area (Å²) >= 11 is 0. The second kappa shape index (κ2) is 18.0. The third-order valence-electron chi connectivity index (χ3n) is 6.11. The first kappa shape index (κ1) is 32.7. The highest BCUT2D eigenvalue weighted by Crippen LogP contribution is 2.29. The largest absolute Gasteiger partial charge is 0.501 e. The van der Waals surface area contributed by atoms with Gasteiger partial charge in [-0.15, -0.1) is 0 Å². The molecular formula is C33H48N2O3. The standard InChI is InChI=1S/C26H32N2O2.C5H10O.C2H6/c1-6-21-18-30-16-15-25(21)26(29)28(24-13-9-22(10-14-24)19(2)3)17-20-7-11-23(12-8-20)27(4)5;1-3-4-5-6-2;1-2/h6-14,18-19,25H,1,15-17H2,2-5H3;3-4H,5H2,1-2H3;1-2H3/b;4-3-;. The fraction of sp³-hybridized carbons (Fsp3) is 0.424. The number of hydrogen-bond donors (Lipinski definition) is 0. The van der Waals surface area contributed by atoms with Crippen LogP contribution in [0.1, 0.15) is 58.1 Å². The minimum absolute atomic E-state index is 0.0819. The molecule has 0 N–H and O–H groups in total. The number of carbonyl (C=O) groups excluding carboxylic acids is 1. The van der Waals surface area contributed by atoms with E-state index in [9.17, 15) is 4.79 Å². The second-order valence-corrected chi connectivity index (χ2v) is 9.29. The minimum Gasteiger partial charge on any atom is -0.501 e. The summed E-state index contributed by atoms with van der Waals surface area (Å²) in [6.07, 6.45) is 7.99. The summed E-state index contributed by atoms with van der Waals surface area (Å²) in [5.41, 5.74) is 5.26. The van der Waals surface area contributed by atoms with Gasteiger partial charge in [0.25, 0.3) is 0 Å². The number of anilines is 2. The van der Waals surface area contributed by atoms with E-state index in [0.29, 0.717) is 25.5 Å². The summed E-state index contributed by atoms with van der Waals surface area (Å²) in [7, 11) is 5.73. The zero-order valence-corrected chi connectivity index (χ0v) is 24.7. The molecule has 1 aliphatic heterocycles. The van der Waals surface area contributed by atoms with Gasteiger partial charge in [-0.05, 0) is 60.2 Å². The van der Waals surface area contributed by atoms with Crippen molar-refractivity contribution in [3.8, 4) is 0 Å². The molecule has 2 aromatic rings. The van der Waals surface area contributed by atoms with Crippen LogP contribution in [-0.4, -0.2) is 40.3 Å². The Balaban J connectivity index is 0.000000795. The third kappa shape index (κ3) is 10.2. The summed E-state index contributed by atoms with van der Waals surface area (Å²) in [6, 6.07) is 16.7. The smallest absolute Gasteiger partial charge is 0.235 e. The van der Waals surface area contributed by atoms with Crippen LogP contribution in [0.3, 0.4) is 0 Å². The van der Waals surface area contributed by atoms with Crippen LogP contribution in [-0.2, 0) is 20.8 Å². The topological polar surface area (TPSA) is 42.0 Å². The molecule has 0 bridgehead atoms. The van der Waals surface area contributed by atoms with E-state index in [1.807, 2.05) is 51.9 Å². The Hall–Kier alpha value is -3.31. The highest BCUT2D eigenvalue weighted by atomic mass is 16.5. The van der Waals surface area contributed by atoms with Crippen molar-refractivity contribution >= 4 is 17.3 Å². The molecule has 0 radical (unpaired) electrons. The van der Waals surface area contributed by atoms with Crippen molar-refractivity contribution in [3.05, 3.63) is 96.3 Å². The summed E-state index contributed by atoms with van der Waals surface area (Å²) in [6.45, 7) is 16.0. The number of carbonyl (C=O) groups is 1. The molecule has 5 nitrogen and oxygen atoms in total. The maximum atomic E-state index is 13.6. The minimum atomic E-state index is -0.234. The van der Waals surface area contributed by atoms with E-state index in [1.54, 1.807) is 19.4 Å². The first-order chi connectivity index (χ1) is 18.3. The molecule has 1 atom stereocenters. The van der Waals surface area contributed by atoms with Gasteiger partial charge in [-0.1, -0.05) is 76.8 Å². The number of benzene rings is 2. The number of methoxy groups -OCH3 is 1. The maximum absolute atomic E-state index is 13.6. The van der Waals surface area contributed by atoms with Crippen LogP contribution in [0.15, 0.2) is 85.2 Å². The van der Waals surface area contributed by atoms with Crippen LogP contribution in [0, 0.1) is 5.92 Å². The van der Waals surface area contributed by atoms with Crippen LogP contribution in [0.25, 0.3) is 0 Å². The zero-order valence-electron chi connectivity index (χ0n) is 24.7. The van der Waals surface area contributed by atoms with Crippen molar-refractivity contribution in [2.24, 2.45) is 5.92 Å². The fourth-order valence-electron chi connectivity index (χ4n) is 3.84. The number of ether oxygens (including phenoxy) is 2. The monoisotopic (exact) mass is 520 g/mol. The average molecular weight is 521 g/mol. The van der Waals surface area contributed by atoms with Gasteiger partial charge in [0, 0.05) is 32.6 Å². The lowest BCUT2D eigenvalue weighted by Gasteiger charge is -2.30. The maximum Gasteiger partial charge on any atom is 0.235 e. The van der Waals surface area contributed by atoms with Crippen LogP contribution in [0.4, 0.5) is 11.4 Å².